The molecule has 0 bridgehead atoms. The largest absolute Gasteiger partial charge is 0.466 e. The molecule has 0 spiro atoms. The molecule has 0 aliphatic heterocycles. The van der Waals surface area contributed by atoms with Crippen molar-refractivity contribution in [3.8, 4) is 0 Å². The van der Waals surface area contributed by atoms with Crippen molar-refractivity contribution >= 4 is 45.2 Å². The number of rotatable bonds is 97. The number of carbonyl (C=O) groups excluding carboxylic acids is 5. The summed E-state index contributed by atoms with van der Waals surface area (Å²) in [6, 6.07) is 0. The number of nitrogens with zero attached hydrogens (tertiary/aromatic N) is 2. The summed E-state index contributed by atoms with van der Waals surface area (Å²) >= 11 is 0. The Labute approximate surface area is 756 Å². The first-order chi connectivity index (χ1) is 59.1. The molecule has 0 aliphatic carbocycles. The van der Waals surface area contributed by atoms with Crippen LogP contribution in [0, 0.1) is 35.5 Å². The normalized spacial score (nSPS) is 13.5. The van der Waals surface area contributed by atoms with E-state index in [2.05, 4.69) is 118 Å². The van der Waals surface area contributed by atoms with E-state index in [4.69, 9.17) is 18.9 Å². The minimum Gasteiger partial charge on any atom is -0.466 e. The maximum atomic E-state index is 13.5. The zero-order chi connectivity index (χ0) is 88.6. The van der Waals surface area contributed by atoms with Gasteiger partial charge in [0.05, 0.1) is 13.2 Å². The molecule has 0 fully saturated rings. The summed E-state index contributed by atoms with van der Waals surface area (Å²) < 4.78 is 22.8. The van der Waals surface area contributed by atoms with Gasteiger partial charge in [-0.2, -0.15) is 0 Å². The number of unbranched alkanes of at least 4 members (excludes halogenated alkanes) is 35. The van der Waals surface area contributed by atoms with E-state index >= 15 is 0 Å². The number of carbonyl (C=O) groups is 5. The number of ether oxygens (including phenoxy) is 4. The fraction of sp³-hybridized carbons (Fsp3) is 0.917. The van der Waals surface area contributed by atoms with Gasteiger partial charge in [0, 0.05) is 32.1 Å². The number of hydrogen-bond donors (Lipinski definition) is 0. The predicted molar refractivity (Wildman–Crippen MR) is 532 cm³/mol. The van der Waals surface area contributed by atoms with E-state index in [9.17, 15) is 24.0 Å². The van der Waals surface area contributed by atoms with Gasteiger partial charge >= 0.3 is 23.9 Å². The van der Waals surface area contributed by atoms with Crippen LogP contribution in [0.2, 0.25) is 0 Å². The van der Waals surface area contributed by atoms with Gasteiger partial charge in [0.25, 0.3) is 0 Å². The average molecular weight is 1740 g/mol. The van der Waals surface area contributed by atoms with Crippen molar-refractivity contribution in [3.63, 3.8) is 0 Å². The van der Waals surface area contributed by atoms with Gasteiger partial charge in [0.15, 0.2) is 5.52 Å². The molecule has 0 rings (SSSR count). The summed E-state index contributed by atoms with van der Waals surface area (Å²) in [4.78, 5) is 68.6. The Morgan fingerprint density at radius 2 is 0.570 bits per heavy atom. The van der Waals surface area contributed by atoms with Gasteiger partial charge in [-0.1, -0.05) is 381 Å². The highest BCUT2D eigenvalue weighted by Gasteiger charge is 2.24. The molecule has 0 aromatic heterocycles. The van der Waals surface area contributed by atoms with Crippen molar-refractivity contribution in [1.82, 2.24) is 9.80 Å². The van der Waals surface area contributed by atoms with E-state index in [0.29, 0.717) is 70.0 Å². The number of hydrogen-bond acceptors (Lipinski definition) is 11. The highest BCUT2D eigenvalue weighted by molar-refractivity contribution is 7.74. The highest BCUT2D eigenvalue weighted by atomic mass is 31.1. The molecular formula is C108H208N2O9P2. The van der Waals surface area contributed by atoms with Crippen molar-refractivity contribution in [1.29, 1.82) is 0 Å². The van der Waals surface area contributed by atoms with Gasteiger partial charge < -0.3 is 28.7 Å². The van der Waals surface area contributed by atoms with Gasteiger partial charge in [0.1, 0.15) is 13.2 Å². The Hall–Kier alpha value is -2.19. The standard InChI is InChI=1S/C108H208N2O9P2/c1-13-21-27-46-72-99(73-47-28-22-14-2)76-54-59-89-117-106(113)83-51-40-36-44-64-95-121(108(115)85-68-87-110(11)12)96-65-45-37-41-52-84-107(114)118-90-60-55-77-100(74-48-29-23-15-3)79-67-80-102(19-7)103(20-8)97-101(71-26-18-6)78-56-61-91-119-105(112)82-50-39-33-31-35-43-63-93-120(94-66-57-86-109(9)10)92-62-42-34-30-32-38-49-81-104(111)116-88-58-53-75-98(69-24-16-4)70-25-17-5/h54-55,59-60,98-103H,13-53,56-58,61-97H2,1-12H3. The molecule has 0 N–H and O–H groups in total. The molecule has 0 heterocycles. The van der Waals surface area contributed by atoms with Crippen molar-refractivity contribution in [2.75, 3.05) is 98.5 Å². The van der Waals surface area contributed by atoms with Crippen LogP contribution >= 0.6 is 15.8 Å². The molecule has 0 aromatic carbocycles. The minimum atomic E-state index is -0.627. The zero-order valence-electron chi connectivity index (χ0n) is 83.0. The Morgan fingerprint density at radius 3 is 0.959 bits per heavy atom. The molecule has 0 aromatic rings. The molecule has 714 valence electrons. The van der Waals surface area contributed by atoms with E-state index in [1.54, 1.807) is 0 Å². The lowest BCUT2D eigenvalue weighted by Gasteiger charge is -2.30. The first-order valence-electron chi connectivity index (χ1n) is 53.3. The van der Waals surface area contributed by atoms with E-state index in [0.717, 1.165) is 177 Å². The van der Waals surface area contributed by atoms with Crippen LogP contribution in [0.3, 0.4) is 0 Å². The lowest BCUT2D eigenvalue weighted by Crippen LogP contribution is -2.18. The van der Waals surface area contributed by atoms with E-state index in [1.807, 2.05) is 0 Å². The van der Waals surface area contributed by atoms with Crippen LogP contribution in [0.5, 0.6) is 0 Å². The van der Waals surface area contributed by atoms with Gasteiger partial charge in [-0.3, -0.25) is 24.0 Å². The molecule has 0 saturated carbocycles. The van der Waals surface area contributed by atoms with Crippen LogP contribution in [-0.4, -0.2) is 138 Å². The van der Waals surface area contributed by atoms with Crippen molar-refractivity contribution < 1.29 is 42.9 Å². The summed E-state index contributed by atoms with van der Waals surface area (Å²) in [5.41, 5.74) is 0.499. The molecule has 121 heavy (non-hydrogen) atoms. The molecule has 0 saturated heterocycles. The van der Waals surface area contributed by atoms with Crippen LogP contribution in [-0.2, 0) is 42.9 Å². The summed E-state index contributed by atoms with van der Waals surface area (Å²) in [5, 5.41) is 0. The summed E-state index contributed by atoms with van der Waals surface area (Å²) in [6.07, 6.45) is 97.8. The van der Waals surface area contributed by atoms with Crippen LogP contribution in [0.25, 0.3) is 0 Å². The fourth-order valence-corrected chi connectivity index (χ4v) is 23.4. The van der Waals surface area contributed by atoms with Gasteiger partial charge in [0.2, 0.25) is 0 Å². The number of allylic oxidation sites excluding steroid dienone is 2. The average Bonchev–Trinajstić information content (AvgIpc) is 0.900. The second-order valence-electron chi connectivity index (χ2n) is 38.3. The Morgan fingerprint density at radius 1 is 0.264 bits per heavy atom. The molecule has 13 heteroatoms. The van der Waals surface area contributed by atoms with Crippen LogP contribution < -0.4 is 0 Å². The van der Waals surface area contributed by atoms with Crippen LogP contribution in [0.15, 0.2) is 24.3 Å². The SMILES string of the molecule is CCCCCCC(CC=CCOC(=O)CCCCCCCP(CCCCCCCC(=O)OCC=CCC(CCCCCC)CCCC(CC)C(CC)CC(CCCC)CCCCOC(=O)CCCCCCCCCP(CCCCCCCCCC(=O)OCCCCC(CCCC)CCCC)CCCCN(C)C)C(=O)CCCN(C)C)CCCCCC. The van der Waals surface area contributed by atoms with Crippen molar-refractivity contribution in [2.24, 2.45) is 35.5 Å². The molecule has 11 nitrogen and oxygen atoms in total. The summed E-state index contributed by atoms with van der Waals surface area (Å²) in [5.74, 6) is 4.44. The third-order valence-corrected chi connectivity index (χ3v) is 31.8. The van der Waals surface area contributed by atoms with Crippen LogP contribution in [0.4, 0.5) is 0 Å². The monoisotopic (exact) mass is 1740 g/mol. The van der Waals surface area contributed by atoms with Crippen molar-refractivity contribution in [2.45, 2.75) is 505 Å². The molecule has 6 atom stereocenters. The smallest absolute Gasteiger partial charge is 0.306 e. The van der Waals surface area contributed by atoms with Gasteiger partial charge in [-0.05, 0) is 231 Å². The van der Waals surface area contributed by atoms with E-state index in [1.165, 1.54) is 314 Å². The lowest BCUT2D eigenvalue weighted by molar-refractivity contribution is -0.144. The quantitative estimate of drug-likeness (QED) is 0.0190. The highest BCUT2D eigenvalue weighted by Crippen LogP contribution is 2.42. The van der Waals surface area contributed by atoms with E-state index in [-0.39, 0.29) is 31.8 Å². The maximum Gasteiger partial charge on any atom is 0.306 e. The molecule has 0 amide bonds. The molecular weight excluding hydrogens is 1530 g/mol. The Balaban J connectivity index is 4.70. The third-order valence-electron chi connectivity index (χ3n) is 26.3. The minimum absolute atomic E-state index is 0.00583. The molecule has 0 aliphatic rings. The Bertz CT molecular complexity index is 2280. The van der Waals surface area contributed by atoms with E-state index < -0.39 is 7.92 Å². The second kappa shape index (κ2) is 92.5. The number of esters is 4. The summed E-state index contributed by atoms with van der Waals surface area (Å²) in [7, 11) is 8.08. The van der Waals surface area contributed by atoms with Crippen molar-refractivity contribution in [3.05, 3.63) is 24.3 Å². The molecule has 0 radical (unpaired) electrons. The fourth-order valence-electron chi connectivity index (χ4n) is 18.3. The van der Waals surface area contributed by atoms with Crippen LogP contribution in [0.1, 0.15) is 505 Å². The second-order valence-corrected chi connectivity index (χ2v) is 43.4. The predicted octanol–water partition coefficient (Wildman–Crippen LogP) is 33.0. The zero-order valence-corrected chi connectivity index (χ0v) is 84.8. The Kier molecular flexibility index (Phi) is 90.8. The molecule has 6 unspecified atom stereocenters. The topological polar surface area (TPSA) is 129 Å². The first-order valence-corrected chi connectivity index (χ1v) is 56.9. The lowest BCUT2D eigenvalue weighted by atomic mass is 9.76. The van der Waals surface area contributed by atoms with Gasteiger partial charge in [-0.25, -0.2) is 0 Å². The summed E-state index contributed by atoms with van der Waals surface area (Å²) in [6.45, 7) is 22.8. The van der Waals surface area contributed by atoms with Gasteiger partial charge in [-0.15, -0.1) is 7.92 Å². The third kappa shape index (κ3) is 82.0. The first kappa shape index (κ1) is 119. The maximum absolute atomic E-state index is 13.5.